The summed E-state index contributed by atoms with van der Waals surface area (Å²) in [4.78, 5) is 13.0. The van der Waals surface area contributed by atoms with E-state index in [0.717, 1.165) is 6.42 Å². The number of carbonyl (C=O) groups excluding carboxylic acids is 1. The molecular formula is C19H31N3O3S. The Bertz CT molecular complexity index is 706. The van der Waals surface area contributed by atoms with Crippen LogP contribution in [0.2, 0.25) is 0 Å². The molecule has 1 aliphatic heterocycles. The first kappa shape index (κ1) is 20.9. The van der Waals surface area contributed by atoms with Gasteiger partial charge in [0.1, 0.15) is 0 Å². The van der Waals surface area contributed by atoms with Gasteiger partial charge in [-0.05, 0) is 44.2 Å². The van der Waals surface area contributed by atoms with E-state index in [4.69, 9.17) is 5.73 Å². The summed E-state index contributed by atoms with van der Waals surface area (Å²) >= 11 is 0. The lowest BCUT2D eigenvalue weighted by atomic mass is 9.89. The Morgan fingerprint density at radius 3 is 2.58 bits per heavy atom. The van der Waals surface area contributed by atoms with Crippen LogP contribution < -0.4 is 11.1 Å². The molecule has 6 nitrogen and oxygen atoms in total. The van der Waals surface area contributed by atoms with Gasteiger partial charge in [-0.25, -0.2) is 8.42 Å². The zero-order valence-electron chi connectivity index (χ0n) is 15.9. The smallest absolute Gasteiger partial charge is 0.243 e. The number of benzene rings is 1. The van der Waals surface area contributed by atoms with Crippen molar-refractivity contribution >= 4 is 15.9 Å². The van der Waals surface area contributed by atoms with E-state index in [1.54, 1.807) is 30.3 Å². The zero-order valence-corrected chi connectivity index (χ0v) is 16.8. The lowest BCUT2D eigenvalue weighted by Gasteiger charge is -2.36. The molecule has 2 rings (SSSR count). The van der Waals surface area contributed by atoms with E-state index in [1.165, 1.54) is 4.31 Å². The third kappa shape index (κ3) is 5.05. The highest BCUT2D eigenvalue weighted by atomic mass is 32.2. The summed E-state index contributed by atoms with van der Waals surface area (Å²) in [5.41, 5.74) is 5.42. The topological polar surface area (TPSA) is 92.5 Å². The second-order valence-corrected chi connectivity index (χ2v) is 9.81. The van der Waals surface area contributed by atoms with E-state index < -0.39 is 15.6 Å². The van der Waals surface area contributed by atoms with Gasteiger partial charge >= 0.3 is 0 Å². The number of rotatable bonds is 7. The summed E-state index contributed by atoms with van der Waals surface area (Å²) < 4.78 is 27.1. The molecule has 1 saturated heterocycles. The summed E-state index contributed by atoms with van der Waals surface area (Å²) in [5.74, 6) is -0.0444. The molecule has 0 aliphatic carbocycles. The van der Waals surface area contributed by atoms with Gasteiger partial charge in [0.2, 0.25) is 15.9 Å². The average molecular weight is 382 g/mol. The molecule has 0 bridgehead atoms. The summed E-state index contributed by atoms with van der Waals surface area (Å²) in [6.45, 7) is 7.15. The number of nitrogens with two attached hydrogens (primary N) is 1. The van der Waals surface area contributed by atoms with E-state index in [-0.39, 0.29) is 23.3 Å². The van der Waals surface area contributed by atoms with Crippen molar-refractivity contribution in [3.63, 3.8) is 0 Å². The molecule has 1 aliphatic rings. The Kier molecular flexibility index (Phi) is 6.82. The molecular weight excluding hydrogens is 350 g/mol. The third-order valence-corrected chi connectivity index (χ3v) is 6.75. The third-order valence-electron chi connectivity index (χ3n) is 4.87. The first-order chi connectivity index (χ1) is 12.2. The molecule has 1 amide bonds. The Morgan fingerprint density at radius 2 is 2.00 bits per heavy atom. The first-order valence-corrected chi connectivity index (χ1v) is 10.7. The van der Waals surface area contributed by atoms with Crippen LogP contribution in [0.5, 0.6) is 0 Å². The monoisotopic (exact) mass is 381 g/mol. The molecule has 0 spiro atoms. The highest BCUT2D eigenvalue weighted by Gasteiger charge is 2.35. The van der Waals surface area contributed by atoms with E-state index in [2.05, 4.69) is 19.2 Å². The van der Waals surface area contributed by atoms with Gasteiger partial charge < -0.3 is 11.1 Å². The van der Waals surface area contributed by atoms with Crippen LogP contribution in [0.25, 0.3) is 0 Å². The van der Waals surface area contributed by atoms with Crippen molar-refractivity contribution in [1.82, 2.24) is 9.62 Å². The molecule has 26 heavy (non-hydrogen) atoms. The van der Waals surface area contributed by atoms with Crippen LogP contribution in [0.15, 0.2) is 35.2 Å². The van der Waals surface area contributed by atoms with Crippen LogP contribution in [-0.4, -0.2) is 43.8 Å². The molecule has 146 valence electrons. The van der Waals surface area contributed by atoms with E-state index in [9.17, 15) is 13.2 Å². The van der Waals surface area contributed by atoms with Crippen LogP contribution in [0.1, 0.15) is 40.0 Å². The van der Waals surface area contributed by atoms with Gasteiger partial charge in [-0.3, -0.25) is 4.79 Å². The fourth-order valence-electron chi connectivity index (χ4n) is 3.60. The Hall–Kier alpha value is -1.44. The second kappa shape index (κ2) is 8.50. The fourth-order valence-corrected chi connectivity index (χ4v) is 5.15. The highest BCUT2D eigenvalue weighted by Crippen LogP contribution is 2.25. The summed E-state index contributed by atoms with van der Waals surface area (Å²) in [5, 5.41) is 3.07. The number of hydrogen-bond donors (Lipinski definition) is 2. The standard InChI is InChI=1S/C19H31N3O3S/c1-15(2)12-19(3,14-20)21-18(23)16-8-7-11-22(13-16)26(24,25)17-9-5-4-6-10-17/h4-6,9-10,15-16H,7-8,11-14,20H2,1-3H3,(H,21,23). The molecule has 3 N–H and O–H groups in total. The lowest BCUT2D eigenvalue weighted by molar-refractivity contribution is -0.128. The molecule has 1 heterocycles. The number of hydrogen-bond acceptors (Lipinski definition) is 4. The quantitative estimate of drug-likeness (QED) is 0.755. The van der Waals surface area contributed by atoms with Gasteiger partial charge in [-0.1, -0.05) is 32.0 Å². The van der Waals surface area contributed by atoms with Crippen molar-refractivity contribution in [2.75, 3.05) is 19.6 Å². The summed E-state index contributed by atoms with van der Waals surface area (Å²) in [7, 11) is -3.57. The maximum absolute atomic E-state index is 12.8. The second-order valence-electron chi connectivity index (χ2n) is 7.87. The minimum atomic E-state index is -3.57. The number of nitrogens with one attached hydrogen (secondary N) is 1. The molecule has 0 radical (unpaired) electrons. The van der Waals surface area contributed by atoms with Crippen LogP contribution in [-0.2, 0) is 14.8 Å². The highest BCUT2D eigenvalue weighted by molar-refractivity contribution is 7.89. The van der Waals surface area contributed by atoms with E-state index in [1.807, 2.05) is 6.92 Å². The van der Waals surface area contributed by atoms with Gasteiger partial charge in [0, 0.05) is 25.2 Å². The lowest BCUT2D eigenvalue weighted by Crippen LogP contribution is -2.55. The van der Waals surface area contributed by atoms with Crippen molar-refractivity contribution in [2.45, 2.75) is 50.5 Å². The predicted octanol–water partition coefficient (Wildman–Crippen LogP) is 1.97. The van der Waals surface area contributed by atoms with E-state index in [0.29, 0.717) is 31.8 Å². The van der Waals surface area contributed by atoms with Gasteiger partial charge in [0.25, 0.3) is 0 Å². The Labute approximate surface area is 157 Å². The summed E-state index contributed by atoms with van der Waals surface area (Å²) in [6.07, 6.45) is 2.15. The number of carbonyl (C=O) groups is 1. The molecule has 1 aromatic rings. The van der Waals surface area contributed by atoms with Gasteiger partial charge in [-0.2, -0.15) is 4.31 Å². The van der Waals surface area contributed by atoms with Gasteiger partial charge in [-0.15, -0.1) is 0 Å². The SMILES string of the molecule is CC(C)CC(C)(CN)NC(=O)C1CCCN(S(=O)(=O)c2ccccc2)C1. The maximum atomic E-state index is 12.8. The van der Waals surface area contributed by atoms with E-state index >= 15 is 0 Å². The molecule has 1 fully saturated rings. The minimum Gasteiger partial charge on any atom is -0.349 e. The van der Waals surface area contributed by atoms with Gasteiger partial charge in [0.05, 0.1) is 10.8 Å². The van der Waals surface area contributed by atoms with Crippen molar-refractivity contribution < 1.29 is 13.2 Å². The number of nitrogens with zero attached hydrogens (tertiary/aromatic N) is 1. The average Bonchev–Trinajstić information content (AvgIpc) is 2.62. The molecule has 0 saturated carbocycles. The van der Waals surface area contributed by atoms with Crippen LogP contribution in [0, 0.1) is 11.8 Å². The first-order valence-electron chi connectivity index (χ1n) is 9.25. The van der Waals surface area contributed by atoms with Crippen LogP contribution in [0.4, 0.5) is 0 Å². The van der Waals surface area contributed by atoms with Crippen LogP contribution in [0.3, 0.4) is 0 Å². The summed E-state index contributed by atoms with van der Waals surface area (Å²) in [6, 6.07) is 8.38. The number of amides is 1. The van der Waals surface area contributed by atoms with Crippen LogP contribution >= 0.6 is 0 Å². The zero-order chi connectivity index (χ0) is 19.4. The van der Waals surface area contributed by atoms with Crippen molar-refractivity contribution in [3.05, 3.63) is 30.3 Å². The molecule has 0 aromatic heterocycles. The predicted molar refractivity (Wildman–Crippen MR) is 103 cm³/mol. The molecule has 7 heteroatoms. The minimum absolute atomic E-state index is 0.105. The Balaban J connectivity index is 2.09. The molecule has 1 aromatic carbocycles. The normalized spacial score (nSPS) is 21.3. The van der Waals surface area contributed by atoms with Gasteiger partial charge in [0.15, 0.2) is 0 Å². The molecule has 2 unspecified atom stereocenters. The Morgan fingerprint density at radius 1 is 1.35 bits per heavy atom. The molecule has 2 atom stereocenters. The van der Waals surface area contributed by atoms with Crippen molar-refractivity contribution in [2.24, 2.45) is 17.6 Å². The fraction of sp³-hybridized carbons (Fsp3) is 0.632. The van der Waals surface area contributed by atoms with Crippen molar-refractivity contribution in [3.8, 4) is 0 Å². The number of sulfonamides is 1. The maximum Gasteiger partial charge on any atom is 0.243 e. The largest absolute Gasteiger partial charge is 0.349 e. The number of piperidine rings is 1. The van der Waals surface area contributed by atoms with Crippen molar-refractivity contribution in [1.29, 1.82) is 0 Å².